The van der Waals surface area contributed by atoms with Crippen molar-refractivity contribution in [3.8, 4) is 28.3 Å². The highest BCUT2D eigenvalue weighted by molar-refractivity contribution is 5.95. The number of nitrogens with zero attached hydrogens (tertiary/aromatic N) is 2. The zero-order valence-electron chi connectivity index (χ0n) is 18.7. The summed E-state index contributed by atoms with van der Waals surface area (Å²) in [5.41, 5.74) is -0.337. The number of aldehydes is 1. The summed E-state index contributed by atoms with van der Waals surface area (Å²) in [5.74, 6) is -1.62. The number of rotatable bonds is 6. The van der Waals surface area contributed by atoms with Crippen LogP contribution < -0.4 is 4.74 Å². The Labute approximate surface area is 206 Å². The molecule has 0 radical (unpaired) electrons. The lowest BCUT2D eigenvalue weighted by Gasteiger charge is -2.16. The molecule has 0 atom stereocenters. The monoisotopic (exact) mass is 510 g/mol. The Kier molecular flexibility index (Phi) is 6.16. The zero-order valence-corrected chi connectivity index (χ0v) is 18.7. The van der Waals surface area contributed by atoms with Crippen molar-refractivity contribution in [2.24, 2.45) is 0 Å². The summed E-state index contributed by atoms with van der Waals surface area (Å²) in [6.45, 7) is -0.273. The molecule has 10 heteroatoms. The van der Waals surface area contributed by atoms with E-state index in [0.29, 0.717) is 11.8 Å². The summed E-state index contributed by atoms with van der Waals surface area (Å²) in [6.07, 6.45) is -3.18. The van der Waals surface area contributed by atoms with Gasteiger partial charge in [0.2, 0.25) is 0 Å². The maximum atomic E-state index is 14.8. The SMILES string of the molecule is O=Cc1ccc(-c2cc3c(-c4ccc(OCc5cccc(F)c5)c(C(F)(F)F)c4)ncnc3cc2F)o1. The van der Waals surface area contributed by atoms with Gasteiger partial charge in [-0.25, -0.2) is 18.7 Å². The Morgan fingerprint density at radius 3 is 2.51 bits per heavy atom. The number of carbonyl (C=O) groups is 1. The predicted molar refractivity (Wildman–Crippen MR) is 124 cm³/mol. The van der Waals surface area contributed by atoms with Gasteiger partial charge in [0, 0.05) is 17.0 Å². The quantitative estimate of drug-likeness (QED) is 0.178. The fourth-order valence-electron chi connectivity index (χ4n) is 3.87. The van der Waals surface area contributed by atoms with E-state index in [1.807, 2.05) is 0 Å². The van der Waals surface area contributed by atoms with Gasteiger partial charge in [0.1, 0.15) is 36.1 Å². The van der Waals surface area contributed by atoms with E-state index in [0.717, 1.165) is 24.5 Å². The highest BCUT2D eigenvalue weighted by Gasteiger charge is 2.35. The third-order valence-electron chi connectivity index (χ3n) is 5.57. The first kappa shape index (κ1) is 24.1. The second kappa shape index (κ2) is 9.45. The third-order valence-corrected chi connectivity index (χ3v) is 5.57. The Hall–Kier alpha value is -4.60. The molecule has 0 saturated heterocycles. The molecular formula is C27H15F5N2O3. The Morgan fingerprint density at radius 2 is 1.78 bits per heavy atom. The molecule has 0 aliphatic carbocycles. The number of halogens is 5. The van der Waals surface area contributed by atoms with Crippen molar-refractivity contribution >= 4 is 17.2 Å². The van der Waals surface area contributed by atoms with Crippen molar-refractivity contribution in [3.05, 3.63) is 102 Å². The van der Waals surface area contributed by atoms with Crippen LogP contribution in [0.15, 0.2) is 77.5 Å². The number of alkyl halides is 3. The molecule has 5 rings (SSSR count). The number of fused-ring (bicyclic) bond motifs is 1. The first-order valence-electron chi connectivity index (χ1n) is 10.8. The molecule has 0 bridgehead atoms. The second-order valence-corrected chi connectivity index (χ2v) is 8.02. The second-order valence-electron chi connectivity index (χ2n) is 8.02. The maximum absolute atomic E-state index is 14.8. The van der Waals surface area contributed by atoms with Gasteiger partial charge >= 0.3 is 6.18 Å². The Balaban J connectivity index is 1.58. The van der Waals surface area contributed by atoms with Gasteiger partial charge in [-0.05, 0) is 54.1 Å². The van der Waals surface area contributed by atoms with Gasteiger partial charge in [0.25, 0.3) is 0 Å². The van der Waals surface area contributed by atoms with Crippen molar-refractivity contribution in [3.63, 3.8) is 0 Å². The average Bonchev–Trinajstić information content (AvgIpc) is 3.35. The Bertz CT molecular complexity index is 1630. The smallest absolute Gasteiger partial charge is 0.419 e. The van der Waals surface area contributed by atoms with E-state index in [4.69, 9.17) is 9.15 Å². The van der Waals surface area contributed by atoms with Gasteiger partial charge < -0.3 is 9.15 Å². The van der Waals surface area contributed by atoms with Gasteiger partial charge in [-0.3, -0.25) is 4.79 Å². The molecular weight excluding hydrogens is 495 g/mol. The van der Waals surface area contributed by atoms with Crippen LogP contribution in [-0.2, 0) is 12.8 Å². The number of benzene rings is 3. The third kappa shape index (κ3) is 4.90. The van der Waals surface area contributed by atoms with Crippen LogP contribution in [0.2, 0.25) is 0 Å². The fraction of sp³-hybridized carbons (Fsp3) is 0.0741. The first-order valence-corrected chi connectivity index (χ1v) is 10.8. The lowest BCUT2D eigenvalue weighted by molar-refractivity contribution is -0.139. The van der Waals surface area contributed by atoms with E-state index in [9.17, 15) is 26.7 Å². The molecule has 5 nitrogen and oxygen atoms in total. The van der Waals surface area contributed by atoms with E-state index in [1.165, 1.54) is 48.5 Å². The minimum absolute atomic E-state index is 0.0114. The normalized spacial score (nSPS) is 11.6. The lowest BCUT2D eigenvalue weighted by Crippen LogP contribution is -2.09. The molecule has 0 amide bonds. The molecule has 2 heterocycles. The molecule has 37 heavy (non-hydrogen) atoms. The summed E-state index contributed by atoms with van der Waals surface area (Å²) >= 11 is 0. The van der Waals surface area contributed by atoms with Crippen LogP contribution >= 0.6 is 0 Å². The highest BCUT2D eigenvalue weighted by Crippen LogP contribution is 2.40. The van der Waals surface area contributed by atoms with Crippen LogP contribution in [0.4, 0.5) is 22.0 Å². The zero-order chi connectivity index (χ0) is 26.2. The highest BCUT2D eigenvalue weighted by atomic mass is 19.4. The van der Waals surface area contributed by atoms with Gasteiger partial charge in [-0.2, -0.15) is 13.2 Å². The number of carbonyl (C=O) groups excluding carboxylic acids is 1. The molecule has 0 aliphatic heterocycles. The molecule has 0 fully saturated rings. The Morgan fingerprint density at radius 1 is 0.946 bits per heavy atom. The van der Waals surface area contributed by atoms with Crippen molar-refractivity contribution < 1.29 is 35.9 Å². The molecule has 5 aromatic rings. The van der Waals surface area contributed by atoms with Crippen molar-refractivity contribution in [1.29, 1.82) is 0 Å². The van der Waals surface area contributed by atoms with Crippen LogP contribution in [0.25, 0.3) is 33.5 Å². The molecule has 186 valence electrons. The van der Waals surface area contributed by atoms with Crippen molar-refractivity contribution in [1.82, 2.24) is 9.97 Å². The largest absolute Gasteiger partial charge is 0.488 e. The topological polar surface area (TPSA) is 65.2 Å². The van der Waals surface area contributed by atoms with Crippen LogP contribution in [-0.4, -0.2) is 16.3 Å². The number of hydrogen-bond donors (Lipinski definition) is 0. The van der Waals surface area contributed by atoms with Gasteiger partial charge in [0.15, 0.2) is 12.0 Å². The van der Waals surface area contributed by atoms with Gasteiger partial charge in [-0.15, -0.1) is 0 Å². The van der Waals surface area contributed by atoms with Crippen molar-refractivity contribution in [2.45, 2.75) is 12.8 Å². The van der Waals surface area contributed by atoms with Gasteiger partial charge in [0.05, 0.1) is 22.3 Å². The molecule has 0 saturated carbocycles. The van der Waals surface area contributed by atoms with E-state index >= 15 is 0 Å². The summed E-state index contributed by atoms with van der Waals surface area (Å²) in [4.78, 5) is 19.1. The van der Waals surface area contributed by atoms with Crippen molar-refractivity contribution in [2.75, 3.05) is 0 Å². The van der Waals surface area contributed by atoms with E-state index in [-0.39, 0.29) is 45.9 Å². The molecule has 0 spiro atoms. The summed E-state index contributed by atoms with van der Waals surface area (Å²) in [7, 11) is 0. The standard InChI is InChI=1S/C27H15F5N2O3/c28-17-3-1-2-15(8-17)13-36-25-6-4-16(9-21(25)27(30,31)32)26-20-10-19(24-7-5-18(12-35)37-24)22(29)11-23(20)33-14-34-26/h1-12,14H,13H2. The van der Waals surface area contributed by atoms with Crippen LogP contribution in [0.3, 0.4) is 0 Å². The minimum Gasteiger partial charge on any atom is -0.488 e. The fourth-order valence-corrected chi connectivity index (χ4v) is 3.87. The number of ether oxygens (including phenoxy) is 1. The summed E-state index contributed by atoms with van der Waals surface area (Å²) in [5, 5.41) is 0.268. The van der Waals surface area contributed by atoms with Crippen LogP contribution in [0.5, 0.6) is 5.75 Å². The van der Waals surface area contributed by atoms with E-state index in [2.05, 4.69) is 9.97 Å². The van der Waals surface area contributed by atoms with Crippen LogP contribution in [0.1, 0.15) is 21.7 Å². The summed E-state index contributed by atoms with van der Waals surface area (Å²) < 4.78 is 80.8. The minimum atomic E-state index is -4.77. The number of hydrogen-bond acceptors (Lipinski definition) is 5. The average molecular weight is 510 g/mol. The molecule has 0 aliphatic rings. The van der Waals surface area contributed by atoms with E-state index in [1.54, 1.807) is 0 Å². The van der Waals surface area contributed by atoms with Crippen LogP contribution in [0, 0.1) is 11.6 Å². The predicted octanol–water partition coefficient (Wildman–Crippen LogP) is 7.25. The molecule has 3 aromatic carbocycles. The molecule has 2 aromatic heterocycles. The maximum Gasteiger partial charge on any atom is 0.419 e. The lowest BCUT2D eigenvalue weighted by atomic mass is 10.0. The van der Waals surface area contributed by atoms with E-state index < -0.39 is 29.1 Å². The molecule has 0 N–H and O–H groups in total. The number of furan rings is 1. The summed E-state index contributed by atoms with van der Waals surface area (Å²) in [6, 6.07) is 14.0. The molecule has 0 unspecified atom stereocenters. The van der Waals surface area contributed by atoms with Gasteiger partial charge in [-0.1, -0.05) is 12.1 Å². The first-order chi connectivity index (χ1) is 17.7. The number of aromatic nitrogens is 2.